The van der Waals surface area contributed by atoms with Crippen LogP contribution in [0.3, 0.4) is 0 Å². The molecule has 3 nitrogen and oxygen atoms in total. The van der Waals surface area contributed by atoms with E-state index in [1.54, 1.807) is 18.4 Å². The second kappa shape index (κ2) is 4.99. The van der Waals surface area contributed by atoms with Crippen LogP contribution >= 0.6 is 11.3 Å². The molecule has 0 aromatic carbocycles. The Bertz CT molecular complexity index is 259. The molecular formula is C9H14N2OS. The fourth-order valence-corrected chi connectivity index (χ4v) is 1.52. The summed E-state index contributed by atoms with van der Waals surface area (Å²) >= 11 is 1.65. The fraction of sp³-hybridized carbons (Fsp3) is 0.444. The molecule has 2 N–H and O–H groups in total. The first-order chi connectivity index (χ1) is 6.24. The van der Waals surface area contributed by atoms with Crippen molar-refractivity contribution >= 4 is 17.2 Å². The molecule has 72 valence electrons. The second-order valence-electron chi connectivity index (χ2n) is 2.81. The summed E-state index contributed by atoms with van der Waals surface area (Å²) < 4.78 is 0. The first-order valence-electron chi connectivity index (χ1n) is 4.21. The van der Waals surface area contributed by atoms with Gasteiger partial charge < -0.3 is 10.6 Å². The maximum Gasteiger partial charge on any atom is 0.237 e. The average molecular weight is 198 g/mol. The van der Waals surface area contributed by atoms with Crippen LogP contribution < -0.4 is 10.6 Å². The number of carbonyl (C=O) groups is 1. The molecule has 0 saturated heterocycles. The molecule has 0 aliphatic carbocycles. The van der Waals surface area contributed by atoms with E-state index >= 15 is 0 Å². The molecular weight excluding hydrogens is 184 g/mol. The summed E-state index contributed by atoms with van der Waals surface area (Å²) in [5.41, 5.74) is 0. The molecule has 4 heteroatoms. The van der Waals surface area contributed by atoms with Crippen molar-refractivity contribution in [1.29, 1.82) is 0 Å². The Morgan fingerprint density at radius 1 is 1.69 bits per heavy atom. The molecule has 1 heterocycles. The molecule has 0 saturated carbocycles. The monoisotopic (exact) mass is 198 g/mol. The number of nitrogens with one attached hydrogen (secondary N) is 2. The number of likely N-dealkylation sites (N-methyl/N-ethyl adjacent to an activating group) is 1. The lowest BCUT2D eigenvalue weighted by Gasteiger charge is -2.09. The summed E-state index contributed by atoms with van der Waals surface area (Å²) in [6.45, 7) is 2.46. The predicted molar refractivity (Wildman–Crippen MR) is 54.7 cm³/mol. The minimum Gasteiger partial charge on any atom is -0.350 e. The van der Waals surface area contributed by atoms with E-state index in [0.717, 1.165) is 0 Å². The number of rotatable bonds is 4. The van der Waals surface area contributed by atoms with E-state index in [1.807, 2.05) is 24.4 Å². The van der Waals surface area contributed by atoms with Gasteiger partial charge in [-0.15, -0.1) is 11.3 Å². The van der Waals surface area contributed by atoms with E-state index < -0.39 is 0 Å². The van der Waals surface area contributed by atoms with Crippen molar-refractivity contribution < 1.29 is 4.79 Å². The van der Waals surface area contributed by atoms with E-state index in [1.165, 1.54) is 4.88 Å². The van der Waals surface area contributed by atoms with Gasteiger partial charge in [0.2, 0.25) is 5.91 Å². The summed E-state index contributed by atoms with van der Waals surface area (Å²) in [6.07, 6.45) is 0. The second-order valence-corrected chi connectivity index (χ2v) is 3.84. The first kappa shape index (κ1) is 10.2. The zero-order valence-electron chi connectivity index (χ0n) is 7.83. The standard InChI is InChI=1S/C9H14N2OS/c1-7(10-2)9(12)11-6-8-4-3-5-13-8/h3-5,7,10H,6H2,1-2H3,(H,11,12). The van der Waals surface area contributed by atoms with Crippen molar-refractivity contribution in [3.05, 3.63) is 22.4 Å². The molecule has 1 unspecified atom stereocenters. The summed E-state index contributed by atoms with van der Waals surface area (Å²) in [4.78, 5) is 12.5. The van der Waals surface area contributed by atoms with Gasteiger partial charge in [0.1, 0.15) is 0 Å². The maximum atomic E-state index is 11.3. The largest absolute Gasteiger partial charge is 0.350 e. The van der Waals surface area contributed by atoms with Crippen molar-refractivity contribution in [2.75, 3.05) is 7.05 Å². The first-order valence-corrected chi connectivity index (χ1v) is 5.09. The molecule has 0 radical (unpaired) electrons. The Morgan fingerprint density at radius 2 is 2.46 bits per heavy atom. The molecule has 0 spiro atoms. The highest BCUT2D eigenvalue weighted by atomic mass is 32.1. The summed E-state index contributed by atoms with van der Waals surface area (Å²) in [5.74, 6) is 0.0379. The molecule has 1 atom stereocenters. The fourth-order valence-electron chi connectivity index (χ4n) is 0.872. The minimum absolute atomic E-state index is 0.0379. The van der Waals surface area contributed by atoms with Crippen LogP contribution in [0.5, 0.6) is 0 Å². The van der Waals surface area contributed by atoms with Crippen LogP contribution in [0.1, 0.15) is 11.8 Å². The van der Waals surface area contributed by atoms with E-state index in [-0.39, 0.29) is 11.9 Å². The van der Waals surface area contributed by atoms with Crippen LogP contribution in [0, 0.1) is 0 Å². The van der Waals surface area contributed by atoms with Crippen LogP contribution in [0.25, 0.3) is 0 Å². The molecule has 1 amide bonds. The van der Waals surface area contributed by atoms with E-state index in [4.69, 9.17) is 0 Å². The van der Waals surface area contributed by atoms with Gasteiger partial charge in [0.25, 0.3) is 0 Å². The van der Waals surface area contributed by atoms with Crippen molar-refractivity contribution in [2.45, 2.75) is 19.5 Å². The van der Waals surface area contributed by atoms with E-state index in [2.05, 4.69) is 10.6 Å². The Balaban J connectivity index is 2.31. The molecule has 1 aromatic rings. The Morgan fingerprint density at radius 3 is 3.00 bits per heavy atom. The number of hydrogen-bond acceptors (Lipinski definition) is 3. The van der Waals surface area contributed by atoms with Crippen LogP contribution in [0.4, 0.5) is 0 Å². The Kier molecular flexibility index (Phi) is 3.92. The van der Waals surface area contributed by atoms with Crippen LogP contribution in [-0.2, 0) is 11.3 Å². The number of hydrogen-bond donors (Lipinski definition) is 2. The Labute approximate surface area is 82.2 Å². The minimum atomic E-state index is -0.125. The SMILES string of the molecule is CNC(C)C(=O)NCc1cccs1. The predicted octanol–water partition coefficient (Wildman–Crippen LogP) is 0.972. The summed E-state index contributed by atoms with van der Waals surface area (Å²) in [5, 5.41) is 7.73. The van der Waals surface area contributed by atoms with Gasteiger partial charge in [-0.2, -0.15) is 0 Å². The van der Waals surface area contributed by atoms with Crippen LogP contribution in [0.2, 0.25) is 0 Å². The molecule has 0 aliphatic rings. The smallest absolute Gasteiger partial charge is 0.237 e. The molecule has 0 fully saturated rings. The summed E-state index contributed by atoms with van der Waals surface area (Å²) in [6, 6.07) is 3.86. The van der Waals surface area contributed by atoms with Gasteiger partial charge in [0, 0.05) is 4.88 Å². The third-order valence-corrected chi connectivity index (χ3v) is 2.72. The van der Waals surface area contributed by atoms with Gasteiger partial charge in [-0.1, -0.05) is 6.07 Å². The lowest BCUT2D eigenvalue weighted by atomic mass is 10.3. The quantitative estimate of drug-likeness (QED) is 0.757. The van der Waals surface area contributed by atoms with Crippen molar-refractivity contribution in [3.63, 3.8) is 0 Å². The molecule has 1 aromatic heterocycles. The van der Waals surface area contributed by atoms with Crippen LogP contribution in [0.15, 0.2) is 17.5 Å². The van der Waals surface area contributed by atoms with E-state index in [0.29, 0.717) is 6.54 Å². The third kappa shape index (κ3) is 3.16. The maximum absolute atomic E-state index is 11.3. The van der Waals surface area contributed by atoms with Crippen molar-refractivity contribution in [3.8, 4) is 0 Å². The van der Waals surface area contributed by atoms with Gasteiger partial charge in [0.15, 0.2) is 0 Å². The van der Waals surface area contributed by atoms with Gasteiger partial charge in [-0.3, -0.25) is 4.79 Å². The van der Waals surface area contributed by atoms with E-state index in [9.17, 15) is 4.79 Å². The van der Waals surface area contributed by atoms with Gasteiger partial charge >= 0.3 is 0 Å². The molecule has 0 aliphatic heterocycles. The number of carbonyl (C=O) groups excluding carboxylic acids is 1. The molecule has 13 heavy (non-hydrogen) atoms. The molecule has 1 rings (SSSR count). The highest BCUT2D eigenvalue weighted by molar-refractivity contribution is 7.09. The lowest BCUT2D eigenvalue weighted by molar-refractivity contribution is -0.122. The number of thiophene rings is 1. The number of amides is 1. The normalized spacial score (nSPS) is 12.5. The third-order valence-electron chi connectivity index (χ3n) is 1.84. The zero-order chi connectivity index (χ0) is 9.68. The van der Waals surface area contributed by atoms with Crippen LogP contribution in [-0.4, -0.2) is 19.0 Å². The molecule has 0 bridgehead atoms. The Hall–Kier alpha value is -0.870. The topological polar surface area (TPSA) is 41.1 Å². The van der Waals surface area contributed by atoms with Gasteiger partial charge in [0.05, 0.1) is 12.6 Å². The van der Waals surface area contributed by atoms with Gasteiger partial charge in [-0.25, -0.2) is 0 Å². The summed E-state index contributed by atoms with van der Waals surface area (Å²) in [7, 11) is 1.77. The highest BCUT2D eigenvalue weighted by Gasteiger charge is 2.08. The van der Waals surface area contributed by atoms with Crippen molar-refractivity contribution in [1.82, 2.24) is 10.6 Å². The lowest BCUT2D eigenvalue weighted by Crippen LogP contribution is -2.39. The zero-order valence-corrected chi connectivity index (χ0v) is 8.65. The average Bonchev–Trinajstić information content (AvgIpc) is 2.65. The highest BCUT2D eigenvalue weighted by Crippen LogP contribution is 2.07. The van der Waals surface area contributed by atoms with Crippen molar-refractivity contribution in [2.24, 2.45) is 0 Å². The van der Waals surface area contributed by atoms with Gasteiger partial charge in [-0.05, 0) is 25.4 Å².